The number of pyridine rings is 1. The van der Waals surface area contributed by atoms with Crippen LogP contribution in [0.4, 0.5) is 0 Å². The first kappa shape index (κ1) is 15.7. The first-order chi connectivity index (χ1) is 13.1. The van der Waals surface area contributed by atoms with Crippen LogP contribution in [-0.2, 0) is 0 Å². The van der Waals surface area contributed by atoms with Gasteiger partial charge in [0, 0.05) is 17.5 Å². The van der Waals surface area contributed by atoms with E-state index in [9.17, 15) is 0 Å². The maximum Gasteiger partial charge on any atom is 0.182 e. The van der Waals surface area contributed by atoms with E-state index in [-0.39, 0.29) is 0 Å². The second-order valence-corrected chi connectivity index (χ2v) is 6.75. The fourth-order valence-electron chi connectivity index (χ4n) is 3.45. The van der Waals surface area contributed by atoms with Crippen LogP contribution in [0, 0.1) is 20.8 Å². The molecule has 6 nitrogen and oxygen atoms in total. The molecule has 0 bridgehead atoms. The van der Waals surface area contributed by atoms with Crippen molar-refractivity contribution in [1.29, 1.82) is 0 Å². The van der Waals surface area contributed by atoms with Crippen molar-refractivity contribution in [3.05, 3.63) is 71.8 Å². The number of hydrogen-bond donors (Lipinski definition) is 0. The van der Waals surface area contributed by atoms with Gasteiger partial charge in [-0.25, -0.2) is 19.5 Å². The van der Waals surface area contributed by atoms with Crippen LogP contribution in [0.2, 0.25) is 0 Å². The summed E-state index contributed by atoms with van der Waals surface area (Å²) in [6.45, 7) is 6.25. The Labute approximate surface area is 156 Å². The normalized spacial score (nSPS) is 11.5. The molecule has 4 heterocycles. The van der Waals surface area contributed by atoms with Crippen LogP contribution < -0.4 is 0 Å². The summed E-state index contributed by atoms with van der Waals surface area (Å²) in [4.78, 5) is 14.0. The van der Waals surface area contributed by atoms with E-state index < -0.39 is 0 Å². The predicted octanol–water partition coefficient (Wildman–Crippen LogP) is 4.06. The molecule has 0 atom stereocenters. The number of fused-ring (bicyclic) bond motifs is 3. The number of hydrogen-bond acceptors (Lipinski definition) is 4. The summed E-state index contributed by atoms with van der Waals surface area (Å²) in [6, 6.07) is 14.1. The van der Waals surface area contributed by atoms with Gasteiger partial charge in [0.05, 0.1) is 5.39 Å². The number of rotatable bonds is 2. The quantitative estimate of drug-likeness (QED) is 0.480. The van der Waals surface area contributed by atoms with Gasteiger partial charge in [0.2, 0.25) is 0 Å². The Balaban J connectivity index is 1.79. The summed E-state index contributed by atoms with van der Waals surface area (Å²) in [5.41, 5.74) is 6.10. The van der Waals surface area contributed by atoms with E-state index in [0.29, 0.717) is 5.82 Å². The first-order valence-electron chi connectivity index (χ1n) is 8.85. The maximum absolute atomic E-state index is 4.83. The van der Waals surface area contributed by atoms with Crippen LogP contribution in [0.1, 0.15) is 16.8 Å². The van der Waals surface area contributed by atoms with Crippen molar-refractivity contribution in [1.82, 2.24) is 29.1 Å². The summed E-state index contributed by atoms with van der Waals surface area (Å²) in [7, 11) is 0. The zero-order valence-corrected chi connectivity index (χ0v) is 15.4. The van der Waals surface area contributed by atoms with Gasteiger partial charge in [0.1, 0.15) is 12.1 Å². The third kappa shape index (κ3) is 2.33. The molecule has 0 fully saturated rings. The molecule has 0 saturated carbocycles. The van der Waals surface area contributed by atoms with Crippen molar-refractivity contribution in [2.45, 2.75) is 20.8 Å². The van der Waals surface area contributed by atoms with E-state index in [1.807, 2.05) is 30.3 Å². The largest absolute Gasteiger partial charge is 0.282 e. The zero-order valence-electron chi connectivity index (χ0n) is 15.4. The van der Waals surface area contributed by atoms with Crippen molar-refractivity contribution in [3.8, 4) is 17.2 Å². The van der Waals surface area contributed by atoms with Gasteiger partial charge in [0.25, 0.3) is 0 Å². The van der Waals surface area contributed by atoms with Gasteiger partial charge in [-0.15, -0.1) is 5.10 Å². The minimum atomic E-state index is 0.701. The molecule has 1 aromatic carbocycles. The number of nitrogens with zero attached hydrogens (tertiary/aromatic N) is 6. The first-order valence-corrected chi connectivity index (χ1v) is 8.85. The van der Waals surface area contributed by atoms with Gasteiger partial charge in [0.15, 0.2) is 17.1 Å². The van der Waals surface area contributed by atoms with E-state index in [2.05, 4.69) is 52.5 Å². The summed E-state index contributed by atoms with van der Waals surface area (Å²) < 4.78 is 3.83. The van der Waals surface area contributed by atoms with E-state index in [4.69, 9.17) is 4.98 Å². The third-order valence-electron chi connectivity index (χ3n) is 5.02. The Morgan fingerprint density at radius 3 is 2.41 bits per heavy atom. The lowest BCUT2D eigenvalue weighted by Crippen LogP contribution is -2.01. The fourth-order valence-corrected chi connectivity index (χ4v) is 3.45. The van der Waals surface area contributed by atoms with Crippen LogP contribution in [-0.4, -0.2) is 29.1 Å². The van der Waals surface area contributed by atoms with E-state index in [1.165, 1.54) is 5.56 Å². The molecule has 0 aliphatic rings. The smallest absolute Gasteiger partial charge is 0.182 e. The lowest BCUT2D eigenvalue weighted by atomic mass is 10.1. The van der Waals surface area contributed by atoms with Crippen molar-refractivity contribution in [2.24, 2.45) is 0 Å². The SMILES string of the molecule is Cc1ccc(-c2nc3c4c(C)c(C)n(-c5ccccn5)c4ncn3n2)cc1. The molecule has 4 aromatic heterocycles. The molecular formula is C21H18N6. The van der Waals surface area contributed by atoms with Crippen LogP contribution in [0.15, 0.2) is 55.0 Å². The Morgan fingerprint density at radius 1 is 0.852 bits per heavy atom. The molecule has 0 spiro atoms. The topological polar surface area (TPSA) is 60.9 Å². The van der Waals surface area contributed by atoms with E-state index >= 15 is 0 Å². The molecule has 5 rings (SSSR count). The molecule has 5 aromatic rings. The van der Waals surface area contributed by atoms with Gasteiger partial charge >= 0.3 is 0 Å². The Morgan fingerprint density at radius 2 is 1.67 bits per heavy atom. The molecule has 0 amide bonds. The summed E-state index contributed by atoms with van der Waals surface area (Å²) in [6.07, 6.45) is 3.52. The summed E-state index contributed by atoms with van der Waals surface area (Å²) >= 11 is 0. The Hall–Kier alpha value is -3.54. The highest BCUT2D eigenvalue weighted by Gasteiger charge is 2.19. The highest BCUT2D eigenvalue weighted by molar-refractivity contribution is 5.95. The second-order valence-electron chi connectivity index (χ2n) is 6.75. The minimum Gasteiger partial charge on any atom is -0.282 e. The zero-order chi connectivity index (χ0) is 18.5. The Kier molecular flexibility index (Phi) is 3.33. The third-order valence-corrected chi connectivity index (χ3v) is 5.02. The lowest BCUT2D eigenvalue weighted by molar-refractivity contribution is 0.919. The minimum absolute atomic E-state index is 0.701. The molecule has 0 saturated heterocycles. The predicted molar refractivity (Wildman–Crippen MR) is 105 cm³/mol. The monoisotopic (exact) mass is 354 g/mol. The highest BCUT2D eigenvalue weighted by atomic mass is 15.3. The molecule has 6 heteroatoms. The van der Waals surface area contributed by atoms with Gasteiger partial charge < -0.3 is 0 Å². The van der Waals surface area contributed by atoms with Gasteiger partial charge in [-0.3, -0.25) is 4.57 Å². The van der Waals surface area contributed by atoms with Crippen LogP contribution in [0.3, 0.4) is 0 Å². The van der Waals surface area contributed by atoms with E-state index in [1.54, 1.807) is 17.0 Å². The maximum atomic E-state index is 4.83. The van der Waals surface area contributed by atoms with E-state index in [0.717, 1.165) is 39.3 Å². The van der Waals surface area contributed by atoms with Gasteiger partial charge in [-0.2, -0.15) is 0 Å². The molecule has 0 N–H and O–H groups in total. The van der Waals surface area contributed by atoms with Crippen molar-refractivity contribution < 1.29 is 0 Å². The van der Waals surface area contributed by atoms with Crippen LogP contribution in [0.5, 0.6) is 0 Å². The lowest BCUT2D eigenvalue weighted by Gasteiger charge is -2.05. The second kappa shape index (κ2) is 5.74. The average Bonchev–Trinajstić information content (AvgIpc) is 3.22. The highest BCUT2D eigenvalue weighted by Crippen LogP contribution is 2.30. The molecular weight excluding hydrogens is 336 g/mol. The standard InChI is InChI=1S/C21H18N6/c1-13-7-9-16(10-8-13)19-24-21-18-14(2)15(3)27(17-6-4-5-11-22-17)20(18)23-12-26(21)25-19/h4-12H,1-3H3. The number of aryl methyl sites for hydroxylation is 2. The molecule has 27 heavy (non-hydrogen) atoms. The molecule has 0 radical (unpaired) electrons. The van der Waals surface area contributed by atoms with Crippen LogP contribution >= 0.6 is 0 Å². The van der Waals surface area contributed by atoms with Crippen molar-refractivity contribution >= 4 is 16.7 Å². The Bertz CT molecular complexity index is 1280. The average molecular weight is 354 g/mol. The van der Waals surface area contributed by atoms with Crippen LogP contribution in [0.25, 0.3) is 33.9 Å². The molecule has 0 aliphatic heterocycles. The molecule has 132 valence electrons. The molecule has 0 aliphatic carbocycles. The van der Waals surface area contributed by atoms with Gasteiger partial charge in [-0.05, 0) is 38.5 Å². The summed E-state index contributed by atoms with van der Waals surface area (Å²) in [5.74, 6) is 1.55. The fraction of sp³-hybridized carbons (Fsp3) is 0.143. The number of aromatic nitrogens is 6. The van der Waals surface area contributed by atoms with Crippen molar-refractivity contribution in [3.63, 3.8) is 0 Å². The number of benzene rings is 1. The summed E-state index contributed by atoms with van der Waals surface area (Å²) in [5, 5.41) is 5.64. The van der Waals surface area contributed by atoms with Crippen molar-refractivity contribution in [2.75, 3.05) is 0 Å². The molecule has 0 unspecified atom stereocenters. The van der Waals surface area contributed by atoms with Gasteiger partial charge in [-0.1, -0.05) is 35.9 Å².